The van der Waals surface area contributed by atoms with Gasteiger partial charge in [0.25, 0.3) is 5.91 Å². The number of benzene rings is 3. The van der Waals surface area contributed by atoms with Crippen molar-refractivity contribution in [2.45, 2.75) is 5.16 Å². The number of carbonyl (C=O) groups excluding carboxylic acids is 1. The second-order valence-corrected chi connectivity index (χ2v) is 8.29. The van der Waals surface area contributed by atoms with Crippen LogP contribution in [0.1, 0.15) is 5.56 Å². The summed E-state index contributed by atoms with van der Waals surface area (Å²) in [6.45, 7) is 0. The summed E-state index contributed by atoms with van der Waals surface area (Å²) in [6, 6.07) is 23.1. The lowest BCUT2D eigenvalue weighted by Crippen LogP contribution is -2.20. The lowest BCUT2D eigenvalue weighted by molar-refractivity contribution is -0.118. The lowest BCUT2D eigenvalue weighted by Gasteiger charge is -2.13. The number of para-hydroxylation sites is 1. The molecule has 0 saturated carbocycles. The number of thioether (sulfide) groups is 1. The van der Waals surface area contributed by atoms with Gasteiger partial charge < -0.3 is 14.2 Å². The quantitative estimate of drug-likeness (QED) is 0.197. The average Bonchev–Trinajstić information content (AvgIpc) is 3.36. The molecule has 1 amide bonds. The van der Waals surface area contributed by atoms with E-state index in [1.807, 2.05) is 65.2 Å². The summed E-state index contributed by atoms with van der Waals surface area (Å²) < 4.78 is 18.0. The molecule has 9 nitrogen and oxygen atoms in total. The van der Waals surface area contributed by atoms with Crippen molar-refractivity contribution in [3.63, 3.8) is 0 Å². The van der Waals surface area contributed by atoms with Crippen LogP contribution in [0.25, 0.3) is 17.1 Å². The normalized spacial score (nSPS) is 10.9. The first-order chi connectivity index (χ1) is 17.7. The van der Waals surface area contributed by atoms with Crippen molar-refractivity contribution in [1.29, 1.82) is 0 Å². The number of carbonyl (C=O) groups is 1. The molecule has 0 aliphatic carbocycles. The van der Waals surface area contributed by atoms with Crippen LogP contribution in [-0.2, 0) is 4.79 Å². The zero-order valence-electron chi connectivity index (χ0n) is 20.0. The SMILES string of the molecule is COc1ccc(C=NNC(=O)CSc2nnc(-c3ccccc3)n2-c2ccccc2)c(OC)c1OC. The molecule has 0 saturated heterocycles. The zero-order valence-corrected chi connectivity index (χ0v) is 20.9. The second kappa shape index (κ2) is 11.9. The number of ether oxygens (including phenoxy) is 3. The van der Waals surface area contributed by atoms with Crippen LogP contribution in [0.2, 0.25) is 0 Å². The van der Waals surface area contributed by atoms with Gasteiger partial charge in [-0.15, -0.1) is 10.2 Å². The van der Waals surface area contributed by atoms with Gasteiger partial charge in [0.1, 0.15) is 0 Å². The number of hydrazone groups is 1. The summed E-state index contributed by atoms with van der Waals surface area (Å²) in [5.41, 5.74) is 5.00. The maximum Gasteiger partial charge on any atom is 0.250 e. The average molecular weight is 504 g/mol. The lowest BCUT2D eigenvalue weighted by atomic mass is 10.2. The highest BCUT2D eigenvalue weighted by molar-refractivity contribution is 7.99. The summed E-state index contributed by atoms with van der Waals surface area (Å²) in [4.78, 5) is 12.5. The maximum atomic E-state index is 12.5. The van der Waals surface area contributed by atoms with E-state index in [0.29, 0.717) is 33.8 Å². The molecule has 0 aliphatic heterocycles. The number of aromatic nitrogens is 3. The summed E-state index contributed by atoms with van der Waals surface area (Å²) >= 11 is 1.27. The van der Waals surface area contributed by atoms with Crippen molar-refractivity contribution in [3.05, 3.63) is 78.4 Å². The first-order valence-corrected chi connectivity index (χ1v) is 11.9. The molecule has 0 bridgehead atoms. The Hall–Kier alpha value is -4.31. The molecule has 4 aromatic rings. The second-order valence-electron chi connectivity index (χ2n) is 7.35. The predicted molar refractivity (Wildman–Crippen MR) is 139 cm³/mol. The highest BCUT2D eigenvalue weighted by Crippen LogP contribution is 2.39. The number of amides is 1. The van der Waals surface area contributed by atoms with Gasteiger partial charge in [-0.25, -0.2) is 5.43 Å². The van der Waals surface area contributed by atoms with Gasteiger partial charge in [0.15, 0.2) is 22.5 Å². The van der Waals surface area contributed by atoms with E-state index in [4.69, 9.17) is 14.2 Å². The van der Waals surface area contributed by atoms with Crippen LogP contribution in [0.3, 0.4) is 0 Å². The molecule has 4 rings (SSSR count). The molecule has 0 radical (unpaired) electrons. The monoisotopic (exact) mass is 503 g/mol. The molecule has 1 N–H and O–H groups in total. The summed E-state index contributed by atoms with van der Waals surface area (Å²) in [6.07, 6.45) is 1.49. The number of nitrogens with zero attached hydrogens (tertiary/aromatic N) is 4. The van der Waals surface area contributed by atoms with Gasteiger partial charge in [-0.05, 0) is 24.3 Å². The smallest absolute Gasteiger partial charge is 0.250 e. The van der Waals surface area contributed by atoms with E-state index in [0.717, 1.165) is 11.3 Å². The topological polar surface area (TPSA) is 99.9 Å². The van der Waals surface area contributed by atoms with E-state index in [1.165, 1.54) is 32.2 Å². The molecule has 184 valence electrons. The van der Waals surface area contributed by atoms with Crippen molar-refractivity contribution in [3.8, 4) is 34.3 Å². The van der Waals surface area contributed by atoms with Crippen molar-refractivity contribution in [1.82, 2.24) is 20.2 Å². The summed E-state index contributed by atoms with van der Waals surface area (Å²) in [7, 11) is 4.60. The zero-order chi connectivity index (χ0) is 25.3. The number of methoxy groups -OCH3 is 3. The van der Waals surface area contributed by atoms with Crippen molar-refractivity contribution < 1.29 is 19.0 Å². The van der Waals surface area contributed by atoms with Gasteiger partial charge in [0.05, 0.1) is 33.3 Å². The van der Waals surface area contributed by atoms with E-state index < -0.39 is 0 Å². The van der Waals surface area contributed by atoms with E-state index in [-0.39, 0.29) is 11.7 Å². The third-order valence-corrected chi connectivity index (χ3v) is 6.07. The Kier molecular flexibility index (Phi) is 8.20. The standard InChI is InChI=1S/C26H25N5O4S/c1-33-21-15-14-19(23(34-2)24(21)35-3)16-27-28-22(32)17-36-26-30-29-25(18-10-6-4-7-11-18)31(26)20-12-8-5-9-13-20/h4-16H,17H2,1-3H3,(H,28,32). The van der Waals surface area contributed by atoms with Crippen LogP contribution in [0, 0.1) is 0 Å². The van der Waals surface area contributed by atoms with Crippen LogP contribution in [0.5, 0.6) is 17.2 Å². The fourth-order valence-electron chi connectivity index (χ4n) is 3.51. The fourth-order valence-corrected chi connectivity index (χ4v) is 4.25. The number of nitrogens with one attached hydrogen (secondary N) is 1. The van der Waals surface area contributed by atoms with Crippen LogP contribution in [0.15, 0.2) is 83.1 Å². The van der Waals surface area contributed by atoms with Gasteiger partial charge >= 0.3 is 0 Å². The Morgan fingerprint density at radius 3 is 2.28 bits per heavy atom. The Labute approximate surface area is 213 Å². The van der Waals surface area contributed by atoms with Gasteiger partial charge in [-0.3, -0.25) is 9.36 Å². The van der Waals surface area contributed by atoms with E-state index in [2.05, 4.69) is 20.7 Å². The molecule has 0 fully saturated rings. The Morgan fingerprint density at radius 1 is 0.917 bits per heavy atom. The molecular formula is C26H25N5O4S. The molecule has 0 spiro atoms. The number of rotatable bonds is 10. The fraction of sp³-hybridized carbons (Fsp3) is 0.154. The third-order valence-electron chi connectivity index (χ3n) is 5.14. The highest BCUT2D eigenvalue weighted by Gasteiger charge is 2.17. The Balaban J connectivity index is 1.48. The molecule has 3 aromatic carbocycles. The largest absolute Gasteiger partial charge is 0.493 e. The van der Waals surface area contributed by atoms with Crippen molar-refractivity contribution >= 4 is 23.9 Å². The Morgan fingerprint density at radius 2 is 1.61 bits per heavy atom. The molecule has 10 heteroatoms. The predicted octanol–water partition coefficient (Wildman–Crippen LogP) is 4.20. The summed E-state index contributed by atoms with van der Waals surface area (Å²) in [5, 5.41) is 13.4. The van der Waals surface area contributed by atoms with Crippen LogP contribution >= 0.6 is 11.8 Å². The first kappa shape index (κ1) is 24.8. The van der Waals surface area contributed by atoms with E-state index >= 15 is 0 Å². The number of hydrogen-bond donors (Lipinski definition) is 1. The van der Waals surface area contributed by atoms with Crippen LogP contribution in [0.4, 0.5) is 0 Å². The molecule has 36 heavy (non-hydrogen) atoms. The molecule has 0 aliphatic rings. The molecule has 0 unspecified atom stereocenters. The highest BCUT2D eigenvalue weighted by atomic mass is 32.2. The van der Waals surface area contributed by atoms with Gasteiger partial charge in [-0.1, -0.05) is 60.3 Å². The van der Waals surface area contributed by atoms with Gasteiger partial charge in [0.2, 0.25) is 5.75 Å². The molecule has 1 aromatic heterocycles. The van der Waals surface area contributed by atoms with E-state index in [9.17, 15) is 4.79 Å². The number of hydrogen-bond acceptors (Lipinski definition) is 8. The minimum Gasteiger partial charge on any atom is -0.493 e. The first-order valence-electron chi connectivity index (χ1n) is 11.0. The van der Waals surface area contributed by atoms with Crippen LogP contribution < -0.4 is 19.6 Å². The third kappa shape index (κ3) is 5.49. The van der Waals surface area contributed by atoms with Gasteiger partial charge in [-0.2, -0.15) is 5.10 Å². The maximum absolute atomic E-state index is 12.5. The van der Waals surface area contributed by atoms with Gasteiger partial charge in [0, 0.05) is 16.8 Å². The minimum atomic E-state index is -0.292. The molecular weight excluding hydrogens is 478 g/mol. The molecule has 1 heterocycles. The minimum absolute atomic E-state index is 0.0974. The summed E-state index contributed by atoms with van der Waals surface area (Å²) in [5.74, 6) is 1.93. The Bertz CT molecular complexity index is 1340. The van der Waals surface area contributed by atoms with E-state index in [1.54, 1.807) is 19.2 Å². The molecule has 0 atom stereocenters. The van der Waals surface area contributed by atoms with Crippen LogP contribution in [-0.4, -0.2) is 54.0 Å². The van der Waals surface area contributed by atoms with Crippen molar-refractivity contribution in [2.75, 3.05) is 27.1 Å². The van der Waals surface area contributed by atoms with Crippen molar-refractivity contribution in [2.24, 2.45) is 5.10 Å².